The third-order valence-corrected chi connectivity index (χ3v) is 3.89. The van der Waals surface area contributed by atoms with E-state index in [1.54, 1.807) is 6.07 Å². The average molecular weight is 247 g/mol. The molecule has 96 valence electrons. The van der Waals surface area contributed by atoms with Gasteiger partial charge >= 0.3 is 0 Å². The molecule has 18 heavy (non-hydrogen) atoms. The SMILES string of the molecule is N=C1c2cc(F)ccc2CN1CCN1CCCC1. The Hall–Kier alpha value is -1.42. The monoisotopic (exact) mass is 247 g/mol. The fourth-order valence-electron chi connectivity index (χ4n) is 2.82. The number of hydrogen-bond donors (Lipinski definition) is 1. The summed E-state index contributed by atoms with van der Waals surface area (Å²) in [4.78, 5) is 4.49. The van der Waals surface area contributed by atoms with Crippen molar-refractivity contribution in [3.05, 3.63) is 35.1 Å². The Balaban J connectivity index is 1.64. The maximum atomic E-state index is 13.2. The summed E-state index contributed by atoms with van der Waals surface area (Å²) in [5.41, 5.74) is 1.83. The predicted octanol–water partition coefficient (Wildman–Crippen LogP) is 2.06. The second-order valence-electron chi connectivity index (χ2n) is 5.12. The number of benzene rings is 1. The van der Waals surface area contributed by atoms with E-state index in [0.717, 1.165) is 30.8 Å². The second-order valence-corrected chi connectivity index (χ2v) is 5.12. The Bertz CT molecular complexity index is 466. The first-order chi connectivity index (χ1) is 8.74. The molecule has 0 radical (unpaired) electrons. The molecule has 2 aliphatic heterocycles. The number of hydrogen-bond acceptors (Lipinski definition) is 2. The zero-order valence-corrected chi connectivity index (χ0v) is 10.5. The minimum Gasteiger partial charge on any atom is -0.351 e. The molecule has 0 amide bonds. The molecular weight excluding hydrogens is 229 g/mol. The Labute approximate surface area is 107 Å². The lowest BCUT2D eigenvalue weighted by molar-refractivity contribution is 0.291. The Kier molecular flexibility index (Phi) is 3.04. The molecule has 1 aromatic rings. The van der Waals surface area contributed by atoms with E-state index in [2.05, 4.69) is 4.90 Å². The normalized spacial score (nSPS) is 19.6. The first-order valence-electron chi connectivity index (χ1n) is 6.59. The average Bonchev–Trinajstić information content (AvgIpc) is 2.97. The van der Waals surface area contributed by atoms with Crippen molar-refractivity contribution in [2.24, 2.45) is 0 Å². The van der Waals surface area contributed by atoms with Crippen molar-refractivity contribution in [1.82, 2.24) is 9.80 Å². The molecule has 2 aliphatic rings. The molecule has 1 N–H and O–H groups in total. The Morgan fingerprint density at radius 3 is 2.72 bits per heavy atom. The van der Waals surface area contributed by atoms with Crippen molar-refractivity contribution in [1.29, 1.82) is 5.41 Å². The van der Waals surface area contributed by atoms with Crippen molar-refractivity contribution in [2.75, 3.05) is 26.2 Å². The van der Waals surface area contributed by atoms with Gasteiger partial charge in [-0.2, -0.15) is 0 Å². The zero-order chi connectivity index (χ0) is 12.5. The first-order valence-corrected chi connectivity index (χ1v) is 6.59. The summed E-state index contributed by atoms with van der Waals surface area (Å²) in [5.74, 6) is 0.226. The number of nitrogens with zero attached hydrogens (tertiary/aromatic N) is 2. The number of likely N-dealkylation sites (tertiary alicyclic amines) is 1. The fraction of sp³-hybridized carbons (Fsp3) is 0.500. The standard InChI is InChI=1S/C14H18FN3/c15-12-4-3-11-10-18(14(16)13(11)9-12)8-7-17-5-1-2-6-17/h3-4,9,16H,1-2,5-8,10H2. The van der Waals surface area contributed by atoms with Crippen LogP contribution in [0.3, 0.4) is 0 Å². The maximum Gasteiger partial charge on any atom is 0.128 e. The quantitative estimate of drug-likeness (QED) is 0.886. The van der Waals surface area contributed by atoms with E-state index < -0.39 is 0 Å². The van der Waals surface area contributed by atoms with E-state index in [1.165, 1.54) is 38.1 Å². The summed E-state index contributed by atoms with van der Waals surface area (Å²) in [6.07, 6.45) is 2.59. The highest BCUT2D eigenvalue weighted by Gasteiger charge is 2.25. The number of nitrogens with one attached hydrogen (secondary N) is 1. The molecule has 1 aromatic carbocycles. The van der Waals surface area contributed by atoms with Crippen LogP contribution < -0.4 is 0 Å². The third-order valence-electron chi connectivity index (χ3n) is 3.89. The van der Waals surface area contributed by atoms with E-state index in [0.29, 0.717) is 5.84 Å². The lowest BCUT2D eigenvalue weighted by Gasteiger charge is -2.22. The first kappa shape index (κ1) is 11.7. The van der Waals surface area contributed by atoms with Crippen molar-refractivity contribution in [3.63, 3.8) is 0 Å². The van der Waals surface area contributed by atoms with Gasteiger partial charge in [0.15, 0.2) is 0 Å². The molecule has 2 heterocycles. The largest absolute Gasteiger partial charge is 0.351 e. The van der Waals surface area contributed by atoms with Gasteiger partial charge in [0.05, 0.1) is 0 Å². The van der Waals surface area contributed by atoms with Crippen molar-refractivity contribution in [3.8, 4) is 0 Å². The minimum absolute atomic E-state index is 0.250. The van der Waals surface area contributed by atoms with Crippen LogP contribution in [-0.4, -0.2) is 41.8 Å². The molecule has 0 aliphatic carbocycles. The van der Waals surface area contributed by atoms with Gasteiger partial charge in [-0.15, -0.1) is 0 Å². The smallest absolute Gasteiger partial charge is 0.128 e. The van der Waals surface area contributed by atoms with E-state index >= 15 is 0 Å². The molecule has 0 saturated carbocycles. The summed E-state index contributed by atoms with van der Waals surface area (Å²) in [6, 6.07) is 4.76. The lowest BCUT2D eigenvalue weighted by atomic mass is 10.1. The third kappa shape index (κ3) is 2.12. The van der Waals surface area contributed by atoms with Gasteiger partial charge in [-0.05, 0) is 43.6 Å². The predicted molar refractivity (Wildman–Crippen MR) is 69.3 cm³/mol. The highest BCUT2D eigenvalue weighted by Crippen LogP contribution is 2.23. The molecule has 0 aromatic heterocycles. The summed E-state index contributed by atoms with van der Waals surface area (Å²) in [7, 11) is 0. The molecule has 3 nitrogen and oxygen atoms in total. The van der Waals surface area contributed by atoms with Crippen LogP contribution in [0.5, 0.6) is 0 Å². The van der Waals surface area contributed by atoms with Gasteiger partial charge in [-0.3, -0.25) is 5.41 Å². The van der Waals surface area contributed by atoms with Crippen LogP contribution in [0.4, 0.5) is 4.39 Å². The molecule has 0 spiro atoms. The summed E-state index contributed by atoms with van der Waals surface area (Å²) >= 11 is 0. The minimum atomic E-state index is -0.250. The molecule has 0 unspecified atom stereocenters. The second kappa shape index (κ2) is 4.69. The van der Waals surface area contributed by atoms with Gasteiger partial charge in [0, 0.05) is 25.2 Å². The van der Waals surface area contributed by atoms with Crippen LogP contribution in [-0.2, 0) is 6.54 Å². The van der Waals surface area contributed by atoms with Gasteiger partial charge in [0.1, 0.15) is 11.7 Å². The summed E-state index contributed by atoms with van der Waals surface area (Å²) in [5, 5.41) is 8.10. The van der Waals surface area contributed by atoms with E-state index in [9.17, 15) is 4.39 Å². The highest BCUT2D eigenvalue weighted by atomic mass is 19.1. The van der Waals surface area contributed by atoms with Crippen molar-refractivity contribution in [2.45, 2.75) is 19.4 Å². The van der Waals surface area contributed by atoms with Crippen LogP contribution in [0.15, 0.2) is 18.2 Å². The highest BCUT2D eigenvalue weighted by molar-refractivity contribution is 6.00. The van der Waals surface area contributed by atoms with Crippen molar-refractivity contribution < 1.29 is 4.39 Å². The Morgan fingerprint density at radius 1 is 1.17 bits per heavy atom. The molecule has 1 fully saturated rings. The molecule has 0 atom stereocenters. The fourth-order valence-corrected chi connectivity index (χ4v) is 2.82. The lowest BCUT2D eigenvalue weighted by Crippen LogP contribution is -2.34. The molecular formula is C14H18FN3. The van der Waals surface area contributed by atoms with Gasteiger partial charge < -0.3 is 9.80 Å². The van der Waals surface area contributed by atoms with Gasteiger partial charge in [-0.25, -0.2) is 4.39 Å². The number of fused-ring (bicyclic) bond motifs is 1. The summed E-state index contributed by atoms with van der Waals surface area (Å²) in [6.45, 7) is 5.00. The van der Waals surface area contributed by atoms with Crippen molar-refractivity contribution >= 4 is 5.84 Å². The molecule has 1 saturated heterocycles. The maximum absolute atomic E-state index is 13.2. The van der Waals surface area contributed by atoms with Gasteiger partial charge in [0.2, 0.25) is 0 Å². The number of amidine groups is 1. The van der Waals surface area contributed by atoms with Crippen LogP contribution >= 0.6 is 0 Å². The molecule has 3 rings (SSSR count). The molecule has 0 bridgehead atoms. The van der Waals surface area contributed by atoms with E-state index in [-0.39, 0.29) is 5.82 Å². The van der Waals surface area contributed by atoms with Crippen LogP contribution in [0.2, 0.25) is 0 Å². The van der Waals surface area contributed by atoms with E-state index in [4.69, 9.17) is 5.41 Å². The van der Waals surface area contributed by atoms with E-state index in [1.807, 2.05) is 4.90 Å². The Morgan fingerprint density at radius 2 is 1.94 bits per heavy atom. The number of rotatable bonds is 3. The zero-order valence-electron chi connectivity index (χ0n) is 10.5. The van der Waals surface area contributed by atoms with Gasteiger partial charge in [-0.1, -0.05) is 6.07 Å². The molecule has 4 heteroatoms. The van der Waals surface area contributed by atoms with Gasteiger partial charge in [0.25, 0.3) is 0 Å². The van der Waals surface area contributed by atoms with Crippen LogP contribution in [0, 0.1) is 11.2 Å². The number of halogens is 1. The van der Waals surface area contributed by atoms with Crippen LogP contribution in [0.1, 0.15) is 24.0 Å². The van der Waals surface area contributed by atoms with Crippen LogP contribution in [0.25, 0.3) is 0 Å². The topological polar surface area (TPSA) is 30.3 Å². The summed E-state index contributed by atoms with van der Waals surface area (Å²) < 4.78 is 13.2.